The molecule has 1 saturated heterocycles. The van der Waals surface area contributed by atoms with Crippen LogP contribution in [-0.4, -0.2) is 42.0 Å². The van der Waals surface area contributed by atoms with Gasteiger partial charge in [-0.25, -0.2) is 0 Å². The largest absolute Gasteiger partial charge is 0.376 e. The molecular formula is C14H29NOS. The summed E-state index contributed by atoms with van der Waals surface area (Å²) in [5.41, 5.74) is 0.358. The molecule has 0 aromatic rings. The van der Waals surface area contributed by atoms with E-state index in [2.05, 4.69) is 52.1 Å². The molecule has 0 N–H and O–H groups in total. The van der Waals surface area contributed by atoms with Crippen molar-refractivity contribution in [2.45, 2.75) is 58.3 Å². The van der Waals surface area contributed by atoms with E-state index in [-0.39, 0.29) is 4.75 Å². The van der Waals surface area contributed by atoms with Gasteiger partial charge in [-0.1, -0.05) is 34.6 Å². The first-order valence-corrected chi connectivity index (χ1v) is 7.17. The Morgan fingerprint density at radius 1 is 1.24 bits per heavy atom. The van der Waals surface area contributed by atoms with Crippen molar-refractivity contribution in [1.29, 1.82) is 0 Å². The lowest BCUT2D eigenvalue weighted by atomic mass is 9.88. The third kappa shape index (κ3) is 7.32. The van der Waals surface area contributed by atoms with Gasteiger partial charge >= 0.3 is 0 Å². The molecule has 0 bridgehead atoms. The number of morpholine rings is 1. The summed E-state index contributed by atoms with van der Waals surface area (Å²) < 4.78 is 5.99. The van der Waals surface area contributed by atoms with Crippen LogP contribution in [0.2, 0.25) is 0 Å². The van der Waals surface area contributed by atoms with E-state index in [4.69, 9.17) is 4.74 Å². The van der Waals surface area contributed by atoms with E-state index in [0.717, 1.165) is 39.1 Å². The van der Waals surface area contributed by atoms with Crippen LogP contribution in [-0.2, 0) is 4.74 Å². The highest BCUT2D eigenvalue weighted by Gasteiger charge is 2.25. The zero-order valence-electron chi connectivity index (χ0n) is 12.1. The lowest BCUT2D eigenvalue weighted by molar-refractivity contribution is -0.0460. The predicted molar refractivity (Wildman–Crippen MR) is 77.9 cm³/mol. The smallest absolute Gasteiger partial charge is 0.0707 e. The molecule has 3 heteroatoms. The van der Waals surface area contributed by atoms with Gasteiger partial charge < -0.3 is 4.74 Å². The summed E-state index contributed by atoms with van der Waals surface area (Å²) in [4.78, 5) is 2.53. The van der Waals surface area contributed by atoms with Gasteiger partial charge in [0.1, 0.15) is 0 Å². The molecule has 0 spiro atoms. The lowest BCUT2D eigenvalue weighted by Crippen LogP contribution is -2.44. The van der Waals surface area contributed by atoms with Crippen LogP contribution in [0.5, 0.6) is 0 Å². The lowest BCUT2D eigenvalue weighted by Gasteiger charge is -2.36. The molecule has 1 heterocycles. The van der Waals surface area contributed by atoms with Crippen LogP contribution >= 0.6 is 12.6 Å². The minimum atomic E-state index is 0.137. The van der Waals surface area contributed by atoms with E-state index in [1.807, 2.05) is 0 Å². The molecule has 2 nitrogen and oxygen atoms in total. The van der Waals surface area contributed by atoms with E-state index in [1.54, 1.807) is 0 Å². The molecule has 0 aliphatic carbocycles. The van der Waals surface area contributed by atoms with E-state index < -0.39 is 0 Å². The Morgan fingerprint density at radius 3 is 2.41 bits per heavy atom. The zero-order valence-corrected chi connectivity index (χ0v) is 13.0. The summed E-state index contributed by atoms with van der Waals surface area (Å²) in [6.07, 6.45) is 2.69. The predicted octanol–water partition coefficient (Wildman–Crippen LogP) is 3.22. The molecule has 0 unspecified atom stereocenters. The highest BCUT2D eigenvalue weighted by molar-refractivity contribution is 7.81. The first kappa shape index (κ1) is 15.3. The Balaban J connectivity index is 2.34. The molecule has 1 atom stereocenters. The average molecular weight is 259 g/mol. The van der Waals surface area contributed by atoms with Crippen molar-refractivity contribution in [3.63, 3.8) is 0 Å². The fourth-order valence-electron chi connectivity index (χ4n) is 2.22. The number of hydrogen-bond donors (Lipinski definition) is 1. The Hall–Kier alpha value is 0.270. The van der Waals surface area contributed by atoms with Crippen LogP contribution in [0.1, 0.15) is 47.5 Å². The average Bonchev–Trinajstić information content (AvgIpc) is 2.11. The van der Waals surface area contributed by atoms with Crippen LogP contribution in [0, 0.1) is 5.41 Å². The van der Waals surface area contributed by atoms with Gasteiger partial charge in [-0.3, -0.25) is 4.90 Å². The summed E-state index contributed by atoms with van der Waals surface area (Å²) in [5.74, 6) is 0. The van der Waals surface area contributed by atoms with Crippen molar-refractivity contribution in [2.24, 2.45) is 5.41 Å². The molecule has 1 aliphatic heterocycles. The molecular weight excluding hydrogens is 230 g/mol. The molecule has 0 saturated carbocycles. The van der Waals surface area contributed by atoms with Crippen LogP contribution in [0.15, 0.2) is 0 Å². The third-order valence-corrected chi connectivity index (χ3v) is 3.33. The Bertz CT molecular complexity index is 229. The topological polar surface area (TPSA) is 12.5 Å². The molecule has 102 valence electrons. The molecule has 1 fully saturated rings. The molecule has 0 radical (unpaired) electrons. The van der Waals surface area contributed by atoms with Crippen LogP contribution in [0.25, 0.3) is 0 Å². The molecule has 17 heavy (non-hydrogen) atoms. The van der Waals surface area contributed by atoms with Crippen molar-refractivity contribution >= 4 is 12.6 Å². The van der Waals surface area contributed by atoms with Crippen molar-refractivity contribution in [1.82, 2.24) is 4.90 Å². The van der Waals surface area contributed by atoms with Gasteiger partial charge in [0.25, 0.3) is 0 Å². The highest BCUT2D eigenvalue weighted by Crippen LogP contribution is 2.25. The first-order valence-electron chi connectivity index (χ1n) is 6.72. The van der Waals surface area contributed by atoms with Crippen molar-refractivity contribution < 1.29 is 4.74 Å². The van der Waals surface area contributed by atoms with Gasteiger partial charge in [-0.2, -0.15) is 12.6 Å². The standard InChI is InChI=1S/C14H29NOS/c1-13(2,3)10-12-11-15(8-9-16-12)7-6-14(4,5)17/h12,17H,6-11H2,1-5H3/t12-/m1/s1. The number of ether oxygens (including phenoxy) is 1. The van der Waals surface area contributed by atoms with Crippen molar-refractivity contribution in [3.8, 4) is 0 Å². The maximum atomic E-state index is 5.86. The monoisotopic (exact) mass is 259 g/mol. The number of rotatable bonds is 4. The zero-order chi connectivity index (χ0) is 13.1. The van der Waals surface area contributed by atoms with Crippen LogP contribution in [0.3, 0.4) is 0 Å². The third-order valence-electron chi connectivity index (χ3n) is 3.10. The summed E-state index contributed by atoms with van der Waals surface area (Å²) in [7, 11) is 0. The van der Waals surface area contributed by atoms with E-state index in [1.165, 1.54) is 0 Å². The summed E-state index contributed by atoms with van der Waals surface area (Å²) in [6, 6.07) is 0. The van der Waals surface area contributed by atoms with Crippen molar-refractivity contribution in [2.75, 3.05) is 26.2 Å². The minimum Gasteiger partial charge on any atom is -0.376 e. The van der Waals surface area contributed by atoms with Gasteiger partial charge in [0.15, 0.2) is 0 Å². The van der Waals surface area contributed by atoms with Gasteiger partial charge in [0, 0.05) is 17.8 Å². The highest BCUT2D eigenvalue weighted by atomic mass is 32.1. The second kappa shape index (κ2) is 5.94. The van der Waals surface area contributed by atoms with E-state index in [9.17, 15) is 0 Å². The number of nitrogens with zero attached hydrogens (tertiary/aromatic N) is 1. The van der Waals surface area contributed by atoms with Crippen LogP contribution < -0.4 is 0 Å². The molecule has 0 aromatic heterocycles. The Labute approximate surface area is 113 Å². The Kier molecular flexibility index (Phi) is 5.36. The summed E-state index contributed by atoms with van der Waals surface area (Å²) >= 11 is 4.59. The van der Waals surface area contributed by atoms with Gasteiger partial charge in [0.2, 0.25) is 0 Å². The second-order valence-electron chi connectivity index (χ2n) is 7.12. The first-order chi connectivity index (χ1) is 7.66. The molecule has 1 rings (SSSR count). The minimum absolute atomic E-state index is 0.137. The van der Waals surface area contributed by atoms with E-state index >= 15 is 0 Å². The SMILES string of the molecule is CC(C)(C)C[C@@H]1CN(CCC(C)(C)S)CCO1. The fraction of sp³-hybridized carbons (Fsp3) is 1.00. The van der Waals surface area contributed by atoms with Gasteiger partial charge in [0.05, 0.1) is 12.7 Å². The van der Waals surface area contributed by atoms with Gasteiger partial charge in [-0.15, -0.1) is 0 Å². The maximum Gasteiger partial charge on any atom is 0.0707 e. The number of hydrogen-bond acceptors (Lipinski definition) is 3. The Morgan fingerprint density at radius 2 is 1.88 bits per heavy atom. The maximum absolute atomic E-state index is 5.86. The molecule has 0 amide bonds. The number of thiol groups is 1. The molecule has 0 aromatic carbocycles. The van der Waals surface area contributed by atoms with Crippen LogP contribution in [0.4, 0.5) is 0 Å². The molecule has 1 aliphatic rings. The van der Waals surface area contributed by atoms with Gasteiger partial charge in [-0.05, 0) is 24.8 Å². The second-order valence-corrected chi connectivity index (χ2v) is 8.33. The normalized spacial score (nSPS) is 24.0. The van der Waals surface area contributed by atoms with Crippen molar-refractivity contribution in [3.05, 3.63) is 0 Å². The van der Waals surface area contributed by atoms with E-state index in [0.29, 0.717) is 11.5 Å². The fourth-order valence-corrected chi connectivity index (χ4v) is 2.32. The summed E-state index contributed by atoms with van der Waals surface area (Å²) in [6.45, 7) is 15.4. The quantitative estimate of drug-likeness (QED) is 0.778. The summed E-state index contributed by atoms with van der Waals surface area (Å²) in [5, 5.41) is 0.